The largest absolute Gasteiger partial charge is 0.465 e. The molecule has 0 aliphatic heterocycles. The molecule has 0 bridgehead atoms. The molecule has 1 rings (SSSR count). The average Bonchev–Trinajstić information content (AvgIpc) is 2.16. The van der Waals surface area contributed by atoms with Crippen molar-refractivity contribution < 1.29 is 12.6 Å². The zero-order valence-electron chi connectivity index (χ0n) is 6.41. The van der Waals surface area contributed by atoms with Crippen LogP contribution in [0.1, 0.15) is 10.4 Å². The van der Waals surface area contributed by atoms with Gasteiger partial charge in [-0.25, -0.2) is 4.79 Å². The quantitative estimate of drug-likeness (QED) is 0.614. The molecular weight excluding hydrogens is 271 g/mol. The van der Waals surface area contributed by atoms with Crippen LogP contribution >= 0.6 is 23.0 Å². The van der Waals surface area contributed by atoms with Crippen LogP contribution in [0.2, 0.25) is 0 Å². The minimum atomic E-state index is -0.387. The van der Waals surface area contributed by atoms with Gasteiger partial charge in [0.15, 0.2) is 23.0 Å². The Hall–Kier alpha value is -0.780. The first-order chi connectivity index (χ1) is 5.79. The third-order valence-electron chi connectivity index (χ3n) is 1.38. The molecule has 0 aromatic heterocycles. The molecule has 64 valence electrons. The lowest BCUT2D eigenvalue weighted by Crippen LogP contribution is -2.01. The summed E-state index contributed by atoms with van der Waals surface area (Å²) < 4.78 is 9.49. The Morgan fingerprint density at radius 1 is 1.42 bits per heavy atom. The molecule has 0 aliphatic carbocycles. The van der Waals surface area contributed by atoms with Crippen LogP contribution in [0, 0.1) is 0 Å². The number of carbonyl (C=O) groups is 1. The van der Waals surface area contributed by atoms with Gasteiger partial charge < -0.3 is 7.80 Å². The minimum Gasteiger partial charge on any atom is -0.465 e. The fraction of sp³-hybridized carbons (Fsp3) is 0.125. The predicted octanol–water partition coefficient (Wildman–Crippen LogP) is 2.20. The second-order valence-electron chi connectivity index (χ2n) is 2.06. The molecule has 0 fully saturated rings. The molecule has 0 heterocycles. The molecule has 0 atom stereocenters. The molecule has 0 radical (unpaired) electrons. The van der Waals surface area contributed by atoms with E-state index in [2.05, 4.69) is 4.74 Å². The third-order valence-corrected chi connectivity index (χ3v) is 1.85. The van der Waals surface area contributed by atoms with Crippen molar-refractivity contribution in [1.29, 1.82) is 0 Å². The molecule has 4 heteroatoms. The molecule has 0 amide bonds. The number of hydrogen-bond donors (Lipinski definition) is 0. The zero-order chi connectivity index (χ0) is 8.97. The van der Waals surface area contributed by atoms with Crippen LogP contribution in [-0.2, 0) is 4.74 Å². The smallest absolute Gasteiger partial charge is 0.341 e. The number of carbonyl (C=O) groups excluding carboxylic acids is 1. The fourth-order valence-corrected chi connectivity index (χ4v) is 1.20. The Bertz CT molecular complexity index is 285. The van der Waals surface area contributed by atoms with Crippen molar-refractivity contribution in [3.63, 3.8) is 0 Å². The molecule has 0 saturated heterocycles. The average molecular weight is 278 g/mol. The fourth-order valence-electron chi connectivity index (χ4n) is 0.813. The maximum atomic E-state index is 11.1. The van der Waals surface area contributed by atoms with Crippen molar-refractivity contribution in [2.45, 2.75) is 0 Å². The van der Waals surface area contributed by atoms with Crippen molar-refractivity contribution in [1.82, 2.24) is 0 Å². The van der Waals surface area contributed by atoms with E-state index >= 15 is 0 Å². The van der Waals surface area contributed by atoms with E-state index in [1.807, 2.05) is 0 Å². The number of rotatable bonds is 2. The Morgan fingerprint density at radius 2 is 2.08 bits per heavy atom. The normalized spacial score (nSPS) is 9.17. The van der Waals surface area contributed by atoms with Gasteiger partial charge in [0.1, 0.15) is 11.3 Å². The summed E-state index contributed by atoms with van der Waals surface area (Å²) in [6.07, 6.45) is 0. The van der Waals surface area contributed by atoms with E-state index in [1.54, 1.807) is 47.3 Å². The minimum absolute atomic E-state index is 0.387. The number of para-hydroxylation sites is 1. The van der Waals surface area contributed by atoms with E-state index in [0.717, 1.165) is 0 Å². The van der Waals surface area contributed by atoms with E-state index in [1.165, 1.54) is 7.11 Å². The molecule has 0 N–H and O–H groups in total. The van der Waals surface area contributed by atoms with Crippen molar-refractivity contribution in [2.24, 2.45) is 0 Å². The van der Waals surface area contributed by atoms with Crippen LogP contribution in [0.25, 0.3) is 0 Å². The lowest BCUT2D eigenvalue weighted by Gasteiger charge is -2.03. The molecule has 12 heavy (non-hydrogen) atoms. The summed E-state index contributed by atoms with van der Waals surface area (Å²) in [6.45, 7) is 0. The van der Waals surface area contributed by atoms with Gasteiger partial charge in [0.25, 0.3) is 0 Å². The van der Waals surface area contributed by atoms with Crippen LogP contribution < -0.4 is 3.07 Å². The second-order valence-corrected chi connectivity index (χ2v) is 2.51. The van der Waals surface area contributed by atoms with Crippen molar-refractivity contribution in [3.05, 3.63) is 29.8 Å². The first-order valence-electron chi connectivity index (χ1n) is 3.25. The van der Waals surface area contributed by atoms with Gasteiger partial charge in [0.05, 0.1) is 7.11 Å². The van der Waals surface area contributed by atoms with Gasteiger partial charge in [0, 0.05) is 0 Å². The summed E-state index contributed by atoms with van der Waals surface area (Å²) in [7, 11) is 1.34. The first kappa shape index (κ1) is 9.31. The summed E-state index contributed by atoms with van der Waals surface area (Å²) in [5, 5.41) is 0. The van der Waals surface area contributed by atoms with E-state index in [9.17, 15) is 4.79 Å². The van der Waals surface area contributed by atoms with Crippen molar-refractivity contribution in [3.8, 4) is 5.75 Å². The highest BCUT2D eigenvalue weighted by Crippen LogP contribution is 2.20. The zero-order valence-corrected chi connectivity index (χ0v) is 8.57. The topological polar surface area (TPSA) is 35.5 Å². The third kappa shape index (κ3) is 1.88. The summed E-state index contributed by atoms with van der Waals surface area (Å²) in [6, 6.07) is 6.91. The van der Waals surface area contributed by atoms with Crippen LogP contribution in [-0.4, -0.2) is 13.1 Å². The molecule has 1 aromatic carbocycles. The highest BCUT2D eigenvalue weighted by Gasteiger charge is 2.10. The molecule has 1 aromatic rings. The number of hydrogen-bond acceptors (Lipinski definition) is 3. The number of methoxy groups -OCH3 is 1. The Labute approximate surface area is 84.4 Å². The van der Waals surface area contributed by atoms with Gasteiger partial charge in [-0.2, -0.15) is 0 Å². The standard InChI is InChI=1S/C8H7IO3/c1-11-8(10)6-4-2-3-5-7(6)12-9/h2-5H,1H3. The monoisotopic (exact) mass is 278 g/mol. The number of esters is 1. The van der Waals surface area contributed by atoms with E-state index in [0.29, 0.717) is 11.3 Å². The van der Waals surface area contributed by atoms with Gasteiger partial charge in [-0.1, -0.05) is 12.1 Å². The summed E-state index contributed by atoms with van der Waals surface area (Å²) >= 11 is 1.72. The summed E-state index contributed by atoms with van der Waals surface area (Å²) in [4.78, 5) is 11.1. The molecule has 0 saturated carbocycles. The Balaban J connectivity index is 3.04. The van der Waals surface area contributed by atoms with Crippen molar-refractivity contribution in [2.75, 3.05) is 7.11 Å². The van der Waals surface area contributed by atoms with Gasteiger partial charge in [0.2, 0.25) is 0 Å². The Morgan fingerprint density at radius 3 is 2.67 bits per heavy atom. The van der Waals surface area contributed by atoms with Gasteiger partial charge in [-0.3, -0.25) is 0 Å². The van der Waals surface area contributed by atoms with Crippen LogP contribution in [0.15, 0.2) is 24.3 Å². The van der Waals surface area contributed by atoms with Crippen LogP contribution in [0.4, 0.5) is 0 Å². The maximum Gasteiger partial charge on any atom is 0.341 e. The Kier molecular flexibility index (Phi) is 3.33. The maximum absolute atomic E-state index is 11.1. The number of halogens is 1. The van der Waals surface area contributed by atoms with Crippen LogP contribution in [0.3, 0.4) is 0 Å². The number of ether oxygens (including phenoxy) is 1. The van der Waals surface area contributed by atoms with E-state index < -0.39 is 0 Å². The summed E-state index contributed by atoms with van der Waals surface area (Å²) in [5.74, 6) is 0.132. The molecular formula is C8H7IO3. The lowest BCUT2D eigenvalue weighted by molar-refractivity contribution is 0.0599. The van der Waals surface area contributed by atoms with Crippen LogP contribution in [0.5, 0.6) is 5.75 Å². The predicted molar refractivity (Wildman–Crippen MR) is 52.4 cm³/mol. The van der Waals surface area contributed by atoms with Gasteiger partial charge in [-0.05, 0) is 12.1 Å². The first-order valence-corrected chi connectivity index (χ1v) is 4.13. The molecule has 3 nitrogen and oxygen atoms in total. The summed E-state index contributed by atoms with van der Waals surface area (Å²) in [5.41, 5.74) is 0.439. The van der Waals surface area contributed by atoms with E-state index in [4.69, 9.17) is 3.07 Å². The molecule has 0 aliphatic rings. The second kappa shape index (κ2) is 4.30. The SMILES string of the molecule is COC(=O)c1ccccc1OI. The van der Waals surface area contributed by atoms with Gasteiger partial charge >= 0.3 is 5.97 Å². The molecule has 0 spiro atoms. The lowest BCUT2D eigenvalue weighted by atomic mass is 10.2. The van der Waals surface area contributed by atoms with Gasteiger partial charge in [-0.15, -0.1) is 0 Å². The highest BCUT2D eigenvalue weighted by atomic mass is 127. The van der Waals surface area contributed by atoms with E-state index in [-0.39, 0.29) is 5.97 Å². The van der Waals surface area contributed by atoms with Crippen molar-refractivity contribution >= 4 is 29.0 Å². The highest BCUT2D eigenvalue weighted by molar-refractivity contribution is 14.1. The number of benzene rings is 1. The molecule has 0 unspecified atom stereocenters.